The van der Waals surface area contributed by atoms with Gasteiger partial charge in [-0.05, 0) is 49.2 Å². The molecule has 0 N–H and O–H groups in total. The van der Waals surface area contributed by atoms with E-state index < -0.39 is 0 Å². The molecule has 0 bridgehead atoms. The van der Waals surface area contributed by atoms with E-state index in [4.69, 9.17) is 0 Å². The zero-order valence-corrected chi connectivity index (χ0v) is 18.8. The minimum atomic E-state index is 0.340. The average Bonchev–Trinajstić information content (AvgIpc) is 2.69. The Bertz CT molecular complexity index is 701. The Hall–Kier alpha value is -1.48. The zero-order chi connectivity index (χ0) is 20.2. The first-order valence-corrected chi connectivity index (χ1v) is 11.9. The molecule has 0 fully saturated rings. The van der Waals surface area contributed by atoms with Crippen molar-refractivity contribution in [2.45, 2.75) is 95.3 Å². The lowest BCUT2D eigenvalue weighted by Crippen LogP contribution is -2.28. The maximum atomic E-state index is 12.2. The number of hydrogen-bond acceptors (Lipinski definition) is 2. The number of rotatable bonds is 13. The van der Waals surface area contributed by atoms with Crippen LogP contribution >= 0.6 is 11.8 Å². The Kier molecular flexibility index (Phi) is 10.5. The monoisotopic (exact) mass is 399 g/mol. The maximum absolute atomic E-state index is 12.2. The minimum Gasteiger partial charge on any atom is -0.618 e. The molecule has 0 spiro atoms. The van der Waals surface area contributed by atoms with Gasteiger partial charge < -0.3 is 5.21 Å². The van der Waals surface area contributed by atoms with Gasteiger partial charge in [-0.3, -0.25) is 0 Å². The summed E-state index contributed by atoms with van der Waals surface area (Å²) in [6, 6.07) is 12.4. The number of hydrogen-bond donors (Lipinski definition) is 0. The highest BCUT2D eigenvalue weighted by atomic mass is 32.2. The molecule has 2 nitrogen and oxygen atoms in total. The van der Waals surface area contributed by atoms with Crippen molar-refractivity contribution in [1.82, 2.24) is 0 Å². The van der Waals surface area contributed by atoms with E-state index in [1.807, 2.05) is 12.1 Å². The first-order valence-electron chi connectivity index (χ1n) is 11.0. The second kappa shape index (κ2) is 12.9. The van der Waals surface area contributed by atoms with Crippen LogP contribution in [0.2, 0.25) is 0 Å². The lowest BCUT2D eigenvalue weighted by atomic mass is 9.98. The molecule has 28 heavy (non-hydrogen) atoms. The Morgan fingerprint density at radius 1 is 0.893 bits per heavy atom. The van der Waals surface area contributed by atoms with Gasteiger partial charge in [-0.1, -0.05) is 88.5 Å². The molecule has 0 amide bonds. The highest BCUT2D eigenvalue weighted by molar-refractivity contribution is 7.99. The van der Waals surface area contributed by atoms with E-state index in [1.54, 1.807) is 24.0 Å². The van der Waals surface area contributed by atoms with Gasteiger partial charge in [0, 0.05) is 17.4 Å². The molecular formula is C25H37NOS. The van der Waals surface area contributed by atoms with Crippen LogP contribution in [0, 0.1) is 19.1 Å². The summed E-state index contributed by atoms with van der Waals surface area (Å²) in [5, 5.41) is 13.3. The maximum Gasteiger partial charge on any atom is 0.251 e. The number of aryl methyl sites for hydroxylation is 2. The molecule has 1 atom stereocenters. The molecule has 1 aromatic heterocycles. The van der Waals surface area contributed by atoms with Gasteiger partial charge in [0.2, 0.25) is 0 Å². The Morgan fingerprint density at radius 2 is 1.57 bits per heavy atom. The van der Waals surface area contributed by atoms with Gasteiger partial charge in [-0.15, -0.1) is 0 Å². The highest BCUT2D eigenvalue weighted by Crippen LogP contribution is 2.39. The van der Waals surface area contributed by atoms with Crippen molar-refractivity contribution in [3.63, 3.8) is 0 Å². The second-order valence-corrected chi connectivity index (χ2v) is 9.17. The van der Waals surface area contributed by atoms with Crippen LogP contribution in [-0.4, -0.2) is 0 Å². The van der Waals surface area contributed by atoms with E-state index >= 15 is 0 Å². The summed E-state index contributed by atoms with van der Waals surface area (Å²) in [6.07, 6.45) is 14.8. The van der Waals surface area contributed by atoms with Crippen molar-refractivity contribution < 1.29 is 4.73 Å². The van der Waals surface area contributed by atoms with Crippen molar-refractivity contribution in [2.75, 3.05) is 0 Å². The van der Waals surface area contributed by atoms with Gasteiger partial charge in [-0.25, -0.2) is 0 Å². The molecule has 154 valence electrons. The summed E-state index contributed by atoms with van der Waals surface area (Å²) in [5.74, 6) is 0. The normalized spacial score (nSPS) is 12.2. The van der Waals surface area contributed by atoms with Gasteiger partial charge in [0.05, 0.1) is 0 Å². The summed E-state index contributed by atoms with van der Waals surface area (Å²) >= 11 is 1.72. The van der Waals surface area contributed by atoms with Gasteiger partial charge in [0.1, 0.15) is 0 Å². The van der Waals surface area contributed by atoms with Crippen molar-refractivity contribution >= 4 is 11.8 Å². The third kappa shape index (κ3) is 7.87. The molecular weight excluding hydrogens is 362 g/mol. The number of aromatic nitrogens is 1. The molecule has 0 aliphatic carbocycles. The van der Waals surface area contributed by atoms with Crippen molar-refractivity contribution in [2.24, 2.45) is 0 Å². The topological polar surface area (TPSA) is 26.9 Å². The molecule has 1 aromatic carbocycles. The van der Waals surface area contributed by atoms with Crippen LogP contribution in [-0.2, 0) is 0 Å². The van der Waals surface area contributed by atoms with Crippen LogP contribution in [0.5, 0.6) is 0 Å². The molecule has 1 heterocycles. The van der Waals surface area contributed by atoms with Crippen LogP contribution in [0.4, 0.5) is 0 Å². The lowest BCUT2D eigenvalue weighted by molar-refractivity contribution is -0.645. The summed E-state index contributed by atoms with van der Waals surface area (Å²) in [6.45, 7) is 6.61. The van der Waals surface area contributed by atoms with Crippen molar-refractivity contribution in [3.05, 3.63) is 64.5 Å². The number of pyridine rings is 1. The SMILES string of the molecule is CCCCCCCCCCCC(Sc1cccc[n+]1[O-])c1cc(C)ccc1C. The Balaban J connectivity index is 1.90. The van der Waals surface area contributed by atoms with E-state index in [9.17, 15) is 5.21 Å². The first-order chi connectivity index (χ1) is 13.6. The summed E-state index contributed by atoms with van der Waals surface area (Å²) in [7, 11) is 0. The predicted molar refractivity (Wildman–Crippen MR) is 122 cm³/mol. The number of benzene rings is 1. The lowest BCUT2D eigenvalue weighted by Gasteiger charge is -2.19. The van der Waals surface area contributed by atoms with E-state index in [0.717, 1.165) is 16.2 Å². The van der Waals surface area contributed by atoms with E-state index in [0.29, 0.717) is 5.25 Å². The molecule has 0 radical (unpaired) electrons. The van der Waals surface area contributed by atoms with E-state index in [1.165, 1.54) is 74.5 Å². The van der Waals surface area contributed by atoms with Crippen LogP contribution in [0.1, 0.15) is 93.1 Å². The molecule has 1 unspecified atom stereocenters. The smallest absolute Gasteiger partial charge is 0.251 e. The molecule has 0 aliphatic rings. The summed E-state index contributed by atoms with van der Waals surface area (Å²) < 4.78 is 0.999. The minimum absolute atomic E-state index is 0.340. The molecule has 0 saturated carbocycles. The van der Waals surface area contributed by atoms with Crippen LogP contribution in [0.3, 0.4) is 0 Å². The van der Waals surface area contributed by atoms with E-state index in [-0.39, 0.29) is 0 Å². The molecule has 2 aromatic rings. The summed E-state index contributed by atoms with van der Waals surface area (Å²) in [5.41, 5.74) is 4.00. The predicted octanol–water partition coefficient (Wildman–Crippen LogP) is 7.69. The Morgan fingerprint density at radius 3 is 2.25 bits per heavy atom. The zero-order valence-electron chi connectivity index (χ0n) is 18.0. The average molecular weight is 400 g/mol. The standard InChI is InChI=1S/C25H37NOS/c1-4-5-6-7-8-9-10-11-12-15-24(23-20-21(2)17-18-22(23)3)28-25-16-13-14-19-26(25)27/h13-14,16-20,24H,4-12,15H2,1-3H3. The number of thioether (sulfide) groups is 1. The van der Waals surface area contributed by atoms with Gasteiger partial charge in [-0.2, -0.15) is 4.73 Å². The largest absolute Gasteiger partial charge is 0.618 e. The molecule has 0 aliphatic heterocycles. The van der Waals surface area contributed by atoms with Gasteiger partial charge in [0.25, 0.3) is 5.03 Å². The fourth-order valence-electron chi connectivity index (χ4n) is 3.67. The van der Waals surface area contributed by atoms with Crippen LogP contribution in [0.25, 0.3) is 0 Å². The number of nitrogens with zero attached hydrogens (tertiary/aromatic N) is 1. The third-order valence-electron chi connectivity index (χ3n) is 5.40. The fourth-order valence-corrected chi connectivity index (χ4v) is 4.95. The molecule has 2 rings (SSSR count). The molecule has 3 heteroatoms. The summed E-state index contributed by atoms with van der Waals surface area (Å²) in [4.78, 5) is 0. The van der Waals surface area contributed by atoms with Gasteiger partial charge >= 0.3 is 0 Å². The quantitative estimate of drug-likeness (QED) is 0.149. The van der Waals surface area contributed by atoms with Crippen molar-refractivity contribution in [1.29, 1.82) is 0 Å². The van der Waals surface area contributed by atoms with E-state index in [2.05, 4.69) is 39.0 Å². The molecule has 0 saturated heterocycles. The van der Waals surface area contributed by atoms with Gasteiger partial charge in [0.15, 0.2) is 6.20 Å². The highest BCUT2D eigenvalue weighted by Gasteiger charge is 2.19. The van der Waals surface area contributed by atoms with Crippen LogP contribution < -0.4 is 4.73 Å². The second-order valence-electron chi connectivity index (χ2n) is 7.95. The van der Waals surface area contributed by atoms with Crippen molar-refractivity contribution in [3.8, 4) is 0 Å². The fraction of sp³-hybridized carbons (Fsp3) is 0.560. The third-order valence-corrected chi connectivity index (χ3v) is 6.73. The van der Waals surface area contributed by atoms with Crippen LogP contribution in [0.15, 0.2) is 47.6 Å². The first kappa shape index (κ1) is 22.8. The number of unbranched alkanes of at least 4 members (excludes halogenated alkanes) is 8. The Labute approximate surface area is 176 Å².